The summed E-state index contributed by atoms with van der Waals surface area (Å²) in [5, 5.41) is 2.86. The van der Waals surface area contributed by atoms with E-state index in [2.05, 4.69) is 16.8 Å². The van der Waals surface area contributed by atoms with Gasteiger partial charge in [-0.1, -0.05) is 50.8 Å². The van der Waals surface area contributed by atoms with Crippen LogP contribution in [0.15, 0.2) is 24.3 Å². The highest BCUT2D eigenvalue weighted by atomic mass is 31.2. The van der Waals surface area contributed by atoms with Crippen molar-refractivity contribution in [3.05, 3.63) is 35.4 Å². The molecular formula is C16H24NO5P-2. The standard InChI is InChI=1S/C16H26NO5P/c1-2-3-4-5-8-12-17-16(18)15-10-7-6-9-14(15)11-13-22-23(19,20)21/h6-7,9-10H,2-5,8,11-13H2,1H3,(H,17,18)(H2,19,20,21)/p-2. The molecule has 0 aromatic heterocycles. The molecule has 23 heavy (non-hydrogen) atoms. The zero-order chi connectivity index (χ0) is 17.1. The Balaban J connectivity index is 2.45. The normalized spacial score (nSPS) is 11.4. The second-order valence-corrected chi connectivity index (χ2v) is 6.51. The molecule has 1 N–H and O–H groups in total. The Kier molecular flexibility index (Phi) is 9.10. The van der Waals surface area contributed by atoms with Crippen LogP contribution < -0.4 is 15.1 Å². The van der Waals surface area contributed by atoms with Gasteiger partial charge in [-0.3, -0.25) is 4.79 Å². The van der Waals surface area contributed by atoms with E-state index in [4.69, 9.17) is 0 Å². The summed E-state index contributed by atoms with van der Waals surface area (Å²) in [5.74, 6) is -0.191. The second kappa shape index (κ2) is 10.6. The van der Waals surface area contributed by atoms with Crippen molar-refractivity contribution in [3.8, 4) is 0 Å². The van der Waals surface area contributed by atoms with Crippen LogP contribution in [-0.4, -0.2) is 19.1 Å². The average Bonchev–Trinajstić information content (AvgIpc) is 2.50. The molecule has 0 atom stereocenters. The van der Waals surface area contributed by atoms with Crippen LogP contribution in [0.25, 0.3) is 0 Å². The Hall–Kier alpha value is -1.20. The second-order valence-electron chi connectivity index (χ2n) is 5.36. The molecule has 1 rings (SSSR count). The van der Waals surface area contributed by atoms with Crippen molar-refractivity contribution in [1.29, 1.82) is 0 Å². The first-order valence-electron chi connectivity index (χ1n) is 7.96. The summed E-state index contributed by atoms with van der Waals surface area (Å²) in [6, 6.07) is 6.90. The van der Waals surface area contributed by atoms with Gasteiger partial charge in [-0.25, -0.2) is 0 Å². The van der Waals surface area contributed by atoms with E-state index in [0.29, 0.717) is 17.7 Å². The SMILES string of the molecule is CCCCCCCNC(=O)c1ccccc1CCOP(=O)([O-])[O-]. The Morgan fingerprint density at radius 3 is 2.57 bits per heavy atom. The van der Waals surface area contributed by atoms with Gasteiger partial charge in [-0.2, -0.15) is 0 Å². The number of benzene rings is 1. The third-order valence-electron chi connectivity index (χ3n) is 3.45. The summed E-state index contributed by atoms with van der Waals surface area (Å²) in [5.41, 5.74) is 1.14. The van der Waals surface area contributed by atoms with E-state index in [-0.39, 0.29) is 18.9 Å². The molecule has 0 aliphatic carbocycles. The molecule has 1 amide bonds. The van der Waals surface area contributed by atoms with E-state index in [1.165, 1.54) is 19.3 Å². The van der Waals surface area contributed by atoms with Crippen LogP contribution in [0.4, 0.5) is 0 Å². The molecule has 0 unspecified atom stereocenters. The van der Waals surface area contributed by atoms with Gasteiger partial charge in [-0.15, -0.1) is 0 Å². The van der Waals surface area contributed by atoms with Gasteiger partial charge in [0.25, 0.3) is 5.91 Å². The van der Waals surface area contributed by atoms with E-state index in [1.807, 2.05) is 0 Å². The third kappa shape index (κ3) is 8.86. The van der Waals surface area contributed by atoms with Crippen molar-refractivity contribution in [3.63, 3.8) is 0 Å². The number of carbonyl (C=O) groups excluding carboxylic acids is 1. The monoisotopic (exact) mass is 341 g/mol. The van der Waals surface area contributed by atoms with Crippen LogP contribution >= 0.6 is 7.82 Å². The van der Waals surface area contributed by atoms with Gasteiger partial charge in [0, 0.05) is 12.1 Å². The fourth-order valence-corrected chi connectivity index (χ4v) is 2.57. The van der Waals surface area contributed by atoms with Crippen molar-refractivity contribution >= 4 is 13.7 Å². The smallest absolute Gasteiger partial charge is 0.251 e. The zero-order valence-electron chi connectivity index (χ0n) is 13.5. The van der Waals surface area contributed by atoms with Gasteiger partial charge in [0.05, 0.1) is 14.4 Å². The van der Waals surface area contributed by atoms with Gasteiger partial charge in [0.2, 0.25) is 0 Å². The Morgan fingerprint density at radius 1 is 1.17 bits per heavy atom. The van der Waals surface area contributed by atoms with Crippen LogP contribution in [0.5, 0.6) is 0 Å². The van der Waals surface area contributed by atoms with Crippen molar-refractivity contribution < 1.29 is 23.7 Å². The highest BCUT2D eigenvalue weighted by Gasteiger charge is 2.10. The first kappa shape index (κ1) is 19.8. The molecule has 7 heteroatoms. The predicted octanol–water partition coefficient (Wildman–Crippen LogP) is 1.77. The van der Waals surface area contributed by atoms with E-state index < -0.39 is 7.82 Å². The minimum atomic E-state index is -4.97. The molecule has 0 spiro atoms. The quantitative estimate of drug-likeness (QED) is 0.488. The predicted molar refractivity (Wildman–Crippen MR) is 84.8 cm³/mol. The lowest BCUT2D eigenvalue weighted by Gasteiger charge is -2.28. The zero-order valence-corrected chi connectivity index (χ0v) is 14.3. The van der Waals surface area contributed by atoms with Crippen molar-refractivity contribution in [2.45, 2.75) is 45.4 Å². The molecule has 130 valence electrons. The van der Waals surface area contributed by atoms with Gasteiger partial charge >= 0.3 is 0 Å². The summed E-state index contributed by atoms with van der Waals surface area (Å²) in [7, 11) is -4.97. The van der Waals surface area contributed by atoms with Gasteiger partial charge < -0.3 is 24.2 Å². The van der Waals surface area contributed by atoms with E-state index in [1.54, 1.807) is 24.3 Å². The molecule has 0 bridgehead atoms. The molecule has 0 radical (unpaired) electrons. The van der Waals surface area contributed by atoms with Crippen LogP contribution in [0, 0.1) is 0 Å². The van der Waals surface area contributed by atoms with Gasteiger partial charge in [-0.05, 0) is 24.5 Å². The number of phosphoric acid groups is 1. The number of amides is 1. The minimum absolute atomic E-state index is 0.189. The average molecular weight is 341 g/mol. The Morgan fingerprint density at radius 2 is 1.87 bits per heavy atom. The number of hydrogen-bond acceptors (Lipinski definition) is 5. The maximum Gasteiger partial charge on any atom is 0.251 e. The Labute approximate surface area is 137 Å². The summed E-state index contributed by atoms with van der Waals surface area (Å²) in [4.78, 5) is 33.1. The largest absolute Gasteiger partial charge is 0.790 e. The number of unbranched alkanes of at least 4 members (excludes halogenated alkanes) is 4. The lowest BCUT2D eigenvalue weighted by molar-refractivity contribution is -0.341. The van der Waals surface area contributed by atoms with E-state index >= 15 is 0 Å². The van der Waals surface area contributed by atoms with Crippen LogP contribution in [0.2, 0.25) is 0 Å². The van der Waals surface area contributed by atoms with Gasteiger partial charge in [0.1, 0.15) is 0 Å². The molecule has 1 aromatic carbocycles. The number of phosphoric ester groups is 1. The molecule has 0 saturated heterocycles. The van der Waals surface area contributed by atoms with Crippen molar-refractivity contribution in [2.75, 3.05) is 13.2 Å². The maximum atomic E-state index is 12.2. The first-order chi connectivity index (χ1) is 10.9. The van der Waals surface area contributed by atoms with E-state index in [0.717, 1.165) is 12.8 Å². The minimum Gasteiger partial charge on any atom is -0.790 e. The molecule has 0 aliphatic rings. The highest BCUT2D eigenvalue weighted by Crippen LogP contribution is 2.24. The fourth-order valence-electron chi connectivity index (χ4n) is 2.25. The highest BCUT2D eigenvalue weighted by molar-refractivity contribution is 7.43. The topological polar surface area (TPSA) is 102 Å². The van der Waals surface area contributed by atoms with Crippen LogP contribution in [0.3, 0.4) is 0 Å². The number of nitrogens with one attached hydrogen (secondary N) is 1. The van der Waals surface area contributed by atoms with Crippen molar-refractivity contribution in [2.24, 2.45) is 0 Å². The van der Waals surface area contributed by atoms with E-state index in [9.17, 15) is 19.1 Å². The summed E-state index contributed by atoms with van der Waals surface area (Å²) in [6.07, 6.45) is 5.78. The summed E-state index contributed by atoms with van der Waals surface area (Å²) < 4.78 is 14.7. The molecule has 1 aromatic rings. The number of rotatable bonds is 11. The molecule has 0 aliphatic heterocycles. The number of hydrogen-bond donors (Lipinski definition) is 1. The first-order valence-corrected chi connectivity index (χ1v) is 9.43. The maximum absolute atomic E-state index is 12.2. The molecular weight excluding hydrogens is 317 g/mol. The Bertz CT molecular complexity index is 529. The van der Waals surface area contributed by atoms with Gasteiger partial charge in [0.15, 0.2) is 0 Å². The van der Waals surface area contributed by atoms with Crippen LogP contribution in [-0.2, 0) is 15.5 Å². The summed E-state index contributed by atoms with van der Waals surface area (Å²) >= 11 is 0. The molecule has 6 nitrogen and oxygen atoms in total. The van der Waals surface area contributed by atoms with Crippen molar-refractivity contribution in [1.82, 2.24) is 5.32 Å². The lowest BCUT2D eigenvalue weighted by atomic mass is 10.0. The molecule has 0 saturated carbocycles. The fraction of sp³-hybridized carbons (Fsp3) is 0.562. The van der Waals surface area contributed by atoms with Crippen LogP contribution in [0.1, 0.15) is 54.9 Å². The molecule has 0 fully saturated rings. The number of carbonyl (C=O) groups is 1. The summed E-state index contributed by atoms with van der Waals surface area (Å²) in [6.45, 7) is 2.51. The third-order valence-corrected chi connectivity index (χ3v) is 3.95. The lowest BCUT2D eigenvalue weighted by Crippen LogP contribution is -2.26. The molecule has 0 heterocycles.